The van der Waals surface area contributed by atoms with Gasteiger partial charge in [0, 0.05) is 16.6 Å². The van der Waals surface area contributed by atoms with Gasteiger partial charge in [0.2, 0.25) is 11.8 Å². The number of hydrogen-bond donors (Lipinski definition) is 0. The Kier molecular flexibility index (Phi) is 4.33. The van der Waals surface area contributed by atoms with Gasteiger partial charge < -0.3 is 0 Å². The second kappa shape index (κ2) is 6.78. The Morgan fingerprint density at radius 3 is 2.31 bits per heavy atom. The molecule has 4 atom stereocenters. The Labute approximate surface area is 174 Å². The number of imide groups is 1. The summed E-state index contributed by atoms with van der Waals surface area (Å²) in [6.07, 6.45) is 1.77. The van der Waals surface area contributed by atoms with Crippen LogP contribution in [0, 0.1) is 18.8 Å². The van der Waals surface area contributed by atoms with E-state index in [1.165, 1.54) is 4.90 Å². The smallest absolute Gasteiger partial charge is 0.239 e. The number of nitrogens with zero attached hydrogens (tertiary/aromatic N) is 2. The van der Waals surface area contributed by atoms with Gasteiger partial charge in [0.15, 0.2) is 5.78 Å². The number of hydrogen-bond acceptors (Lipinski definition) is 4. The molecule has 0 radical (unpaired) electrons. The number of aryl methyl sites for hydroxylation is 1. The first kappa shape index (κ1) is 18.5. The Balaban J connectivity index is 1.54. The van der Waals surface area contributed by atoms with Crippen LogP contribution < -0.4 is 4.90 Å². The maximum absolute atomic E-state index is 13.4. The van der Waals surface area contributed by atoms with Crippen molar-refractivity contribution in [3.63, 3.8) is 0 Å². The van der Waals surface area contributed by atoms with Gasteiger partial charge in [-0.15, -0.1) is 0 Å². The molecule has 0 bridgehead atoms. The van der Waals surface area contributed by atoms with Crippen LogP contribution in [0.2, 0.25) is 5.02 Å². The summed E-state index contributed by atoms with van der Waals surface area (Å²) < 4.78 is 0. The number of carbonyl (C=O) groups is 3. The number of ketones is 1. The van der Waals surface area contributed by atoms with Crippen LogP contribution >= 0.6 is 11.6 Å². The van der Waals surface area contributed by atoms with E-state index >= 15 is 0 Å². The molecule has 3 heterocycles. The van der Waals surface area contributed by atoms with Crippen molar-refractivity contribution < 1.29 is 14.4 Å². The molecule has 0 aliphatic carbocycles. The van der Waals surface area contributed by atoms with Crippen LogP contribution in [0.25, 0.3) is 0 Å². The minimum atomic E-state index is -0.628. The first-order valence-corrected chi connectivity index (χ1v) is 10.3. The van der Waals surface area contributed by atoms with Crippen molar-refractivity contribution in [2.75, 3.05) is 11.4 Å². The van der Waals surface area contributed by atoms with Gasteiger partial charge in [0.05, 0.1) is 23.6 Å². The second-order valence-corrected chi connectivity index (χ2v) is 8.60. The number of carbonyl (C=O) groups excluding carboxylic acids is 3. The SMILES string of the molecule is Cc1ccc(N2C(=O)[C@@H]3[C@H](C2=O)[C@H](C(=O)c2ccc(Cl)cc2)N2CCC[C@@H]32)cc1. The predicted molar refractivity (Wildman–Crippen MR) is 110 cm³/mol. The molecule has 5 nitrogen and oxygen atoms in total. The molecule has 0 N–H and O–H groups in total. The normalized spacial score (nSPS) is 28.7. The van der Waals surface area contributed by atoms with Crippen LogP contribution in [0.3, 0.4) is 0 Å². The van der Waals surface area contributed by atoms with Crippen molar-refractivity contribution in [1.29, 1.82) is 0 Å². The van der Waals surface area contributed by atoms with Crippen LogP contribution in [0.5, 0.6) is 0 Å². The number of fused-ring (bicyclic) bond motifs is 3. The molecule has 6 heteroatoms. The Morgan fingerprint density at radius 2 is 1.62 bits per heavy atom. The highest BCUT2D eigenvalue weighted by atomic mass is 35.5. The van der Waals surface area contributed by atoms with Gasteiger partial charge in [0.25, 0.3) is 0 Å². The summed E-state index contributed by atoms with van der Waals surface area (Å²) in [5, 5.41) is 0.558. The molecule has 3 saturated heterocycles. The zero-order valence-electron chi connectivity index (χ0n) is 16.0. The van der Waals surface area contributed by atoms with Gasteiger partial charge >= 0.3 is 0 Å². The summed E-state index contributed by atoms with van der Waals surface area (Å²) in [7, 11) is 0. The fraction of sp³-hybridized carbons (Fsp3) is 0.348. The van der Waals surface area contributed by atoms with E-state index in [1.54, 1.807) is 36.4 Å². The minimum absolute atomic E-state index is 0.0480. The third-order valence-electron chi connectivity index (χ3n) is 6.54. The van der Waals surface area contributed by atoms with E-state index in [-0.39, 0.29) is 23.6 Å². The second-order valence-electron chi connectivity index (χ2n) is 8.16. The molecule has 2 aromatic carbocycles. The Morgan fingerprint density at radius 1 is 0.966 bits per heavy atom. The van der Waals surface area contributed by atoms with E-state index in [0.29, 0.717) is 16.3 Å². The lowest BCUT2D eigenvalue weighted by molar-refractivity contribution is -0.123. The molecular formula is C23H21ClN2O3. The third-order valence-corrected chi connectivity index (χ3v) is 6.79. The number of anilines is 1. The number of halogens is 1. The highest BCUT2D eigenvalue weighted by Crippen LogP contribution is 2.48. The van der Waals surface area contributed by atoms with Gasteiger partial charge in [-0.2, -0.15) is 0 Å². The summed E-state index contributed by atoms with van der Waals surface area (Å²) in [6.45, 7) is 2.70. The molecule has 148 valence electrons. The highest BCUT2D eigenvalue weighted by molar-refractivity contribution is 6.30. The average molecular weight is 409 g/mol. The minimum Gasteiger partial charge on any atom is -0.292 e. The fourth-order valence-corrected chi connectivity index (χ4v) is 5.37. The standard InChI is InChI=1S/C23H21ClN2O3/c1-13-4-10-16(11-5-13)26-22(28)18-17-3-2-12-25(17)20(19(18)23(26)29)21(27)14-6-8-15(24)9-7-14/h4-11,17-20H,2-3,12H2,1H3/t17-,18-,19-,20+/m0/s1. The first-order chi connectivity index (χ1) is 14.0. The number of Topliss-reactive ketones (excluding diaryl/α,β-unsaturated/α-hetero) is 1. The Hall–Kier alpha value is -2.50. The lowest BCUT2D eigenvalue weighted by Gasteiger charge is -2.27. The van der Waals surface area contributed by atoms with Crippen molar-refractivity contribution >= 4 is 34.9 Å². The van der Waals surface area contributed by atoms with Crippen molar-refractivity contribution in [3.8, 4) is 0 Å². The lowest BCUT2D eigenvalue weighted by atomic mass is 9.85. The molecule has 29 heavy (non-hydrogen) atoms. The summed E-state index contributed by atoms with van der Waals surface area (Å²) in [5.74, 6) is -1.62. The van der Waals surface area contributed by atoms with Crippen molar-refractivity contribution in [2.24, 2.45) is 11.8 Å². The zero-order valence-corrected chi connectivity index (χ0v) is 16.8. The van der Waals surface area contributed by atoms with Gasteiger partial charge in [-0.1, -0.05) is 29.3 Å². The van der Waals surface area contributed by atoms with Gasteiger partial charge in [0.1, 0.15) is 0 Å². The lowest BCUT2D eigenvalue weighted by Crippen LogP contribution is -2.46. The molecule has 2 amide bonds. The monoisotopic (exact) mass is 408 g/mol. The molecule has 3 fully saturated rings. The third kappa shape index (κ3) is 2.75. The largest absolute Gasteiger partial charge is 0.292 e. The topological polar surface area (TPSA) is 57.7 Å². The molecule has 3 aliphatic rings. The first-order valence-electron chi connectivity index (χ1n) is 9.97. The number of benzene rings is 2. The van der Waals surface area contributed by atoms with Crippen molar-refractivity contribution in [2.45, 2.75) is 31.8 Å². The number of rotatable bonds is 3. The average Bonchev–Trinajstić information content (AvgIpc) is 3.35. The van der Waals surface area contributed by atoms with E-state index in [1.807, 2.05) is 19.1 Å². The van der Waals surface area contributed by atoms with E-state index in [4.69, 9.17) is 11.6 Å². The molecule has 2 aromatic rings. The molecule has 3 aliphatic heterocycles. The van der Waals surface area contributed by atoms with Crippen molar-refractivity contribution in [1.82, 2.24) is 4.90 Å². The molecule has 0 saturated carbocycles. The van der Waals surface area contributed by atoms with Crippen LogP contribution in [0.15, 0.2) is 48.5 Å². The van der Waals surface area contributed by atoms with Crippen LogP contribution in [-0.2, 0) is 9.59 Å². The van der Waals surface area contributed by atoms with E-state index < -0.39 is 17.9 Å². The quantitative estimate of drug-likeness (QED) is 0.576. The highest BCUT2D eigenvalue weighted by Gasteiger charge is 2.64. The molecule has 0 spiro atoms. The van der Waals surface area contributed by atoms with E-state index in [2.05, 4.69) is 4.90 Å². The van der Waals surface area contributed by atoms with Crippen LogP contribution in [-0.4, -0.2) is 41.1 Å². The summed E-state index contributed by atoms with van der Waals surface area (Å²) >= 11 is 5.97. The van der Waals surface area contributed by atoms with Crippen LogP contribution in [0.4, 0.5) is 5.69 Å². The summed E-state index contributed by atoms with van der Waals surface area (Å²) in [4.78, 5) is 43.6. The molecule has 0 unspecified atom stereocenters. The van der Waals surface area contributed by atoms with Crippen LogP contribution in [0.1, 0.15) is 28.8 Å². The maximum Gasteiger partial charge on any atom is 0.239 e. The molecular weight excluding hydrogens is 388 g/mol. The summed E-state index contributed by atoms with van der Waals surface area (Å²) in [6, 6.07) is 13.5. The molecule has 5 rings (SSSR count). The van der Waals surface area contributed by atoms with E-state index in [9.17, 15) is 14.4 Å². The van der Waals surface area contributed by atoms with Gasteiger partial charge in [-0.3, -0.25) is 19.3 Å². The number of amides is 2. The predicted octanol–water partition coefficient (Wildman–Crippen LogP) is 3.48. The maximum atomic E-state index is 13.4. The summed E-state index contributed by atoms with van der Waals surface area (Å²) in [5.41, 5.74) is 2.17. The van der Waals surface area contributed by atoms with E-state index in [0.717, 1.165) is 24.9 Å². The Bertz CT molecular complexity index is 1000. The van der Waals surface area contributed by atoms with Crippen molar-refractivity contribution in [3.05, 3.63) is 64.7 Å². The van der Waals surface area contributed by atoms with Gasteiger partial charge in [-0.25, -0.2) is 4.90 Å². The zero-order chi connectivity index (χ0) is 20.3. The molecule has 0 aromatic heterocycles. The van der Waals surface area contributed by atoms with Gasteiger partial charge in [-0.05, 0) is 62.7 Å². The fourth-order valence-electron chi connectivity index (χ4n) is 5.25.